The molecule has 28 heavy (non-hydrogen) atoms. The molecule has 2 aliphatic heterocycles. The number of halogens is 3. The van der Waals surface area contributed by atoms with Crippen LogP contribution < -0.4 is 10.5 Å². The molecule has 0 aliphatic carbocycles. The van der Waals surface area contributed by atoms with Crippen LogP contribution in [-0.4, -0.2) is 36.6 Å². The van der Waals surface area contributed by atoms with Crippen LogP contribution in [0.3, 0.4) is 0 Å². The van der Waals surface area contributed by atoms with Crippen LogP contribution in [-0.2, 0) is 15.7 Å². The van der Waals surface area contributed by atoms with Crippen LogP contribution in [0.4, 0.5) is 24.0 Å². The zero-order chi connectivity index (χ0) is 20.1. The second kappa shape index (κ2) is 6.75. The Kier molecular flexibility index (Phi) is 4.63. The molecule has 3 heterocycles. The van der Waals surface area contributed by atoms with Gasteiger partial charge < -0.3 is 14.4 Å². The first-order chi connectivity index (χ1) is 13.2. The maximum absolute atomic E-state index is 13.0. The zero-order valence-electron chi connectivity index (χ0n) is 14.8. The molecule has 0 saturated carbocycles. The Morgan fingerprint density at radius 3 is 2.61 bits per heavy atom. The molecule has 1 aromatic carbocycles. The van der Waals surface area contributed by atoms with E-state index in [1.54, 1.807) is 0 Å². The number of alkyl halides is 3. The van der Waals surface area contributed by atoms with Crippen molar-refractivity contribution in [3.63, 3.8) is 0 Å². The maximum atomic E-state index is 13.0. The lowest BCUT2D eigenvalue weighted by atomic mass is 10.0. The van der Waals surface area contributed by atoms with E-state index >= 15 is 0 Å². The summed E-state index contributed by atoms with van der Waals surface area (Å²) in [5, 5.41) is 2.78. The summed E-state index contributed by atoms with van der Waals surface area (Å²) in [6, 6.07) is 1.37. The topological polar surface area (TPSA) is 81.1 Å². The largest absolute Gasteiger partial charge is 0.416 e. The highest BCUT2D eigenvalue weighted by Crippen LogP contribution is 2.40. The molecular weight excluding hydrogens is 399 g/mol. The minimum Gasteiger partial charge on any atom is -0.348 e. The van der Waals surface area contributed by atoms with Crippen molar-refractivity contribution in [1.29, 1.82) is 0 Å². The van der Waals surface area contributed by atoms with E-state index < -0.39 is 28.8 Å². The van der Waals surface area contributed by atoms with E-state index in [9.17, 15) is 22.9 Å². The number of hydrogen-bond donors (Lipinski definition) is 0. The molecule has 1 aromatic heterocycles. The Hall–Kier alpha value is -2.11. The van der Waals surface area contributed by atoms with Crippen molar-refractivity contribution in [1.82, 2.24) is 4.98 Å². The molecule has 11 heteroatoms. The van der Waals surface area contributed by atoms with Crippen molar-refractivity contribution in [2.24, 2.45) is 5.18 Å². The molecule has 7 nitrogen and oxygen atoms in total. The van der Waals surface area contributed by atoms with Gasteiger partial charge in [0.2, 0.25) is 0 Å². The van der Waals surface area contributed by atoms with Gasteiger partial charge in [0.1, 0.15) is 5.69 Å². The van der Waals surface area contributed by atoms with Gasteiger partial charge in [-0.15, -0.1) is 4.91 Å². The normalized spacial score (nSPS) is 22.1. The fraction of sp³-hybridized carbons (Fsp3) is 0.529. The van der Waals surface area contributed by atoms with Crippen LogP contribution in [0.5, 0.6) is 0 Å². The van der Waals surface area contributed by atoms with E-state index in [1.807, 2.05) is 11.8 Å². The van der Waals surface area contributed by atoms with Crippen molar-refractivity contribution in [3.05, 3.63) is 33.0 Å². The van der Waals surface area contributed by atoms with Crippen LogP contribution in [0.2, 0.25) is 0 Å². The van der Waals surface area contributed by atoms with E-state index in [4.69, 9.17) is 9.47 Å². The molecule has 0 amide bonds. The Morgan fingerprint density at radius 1 is 1.32 bits per heavy atom. The SMILES string of the molecule is C[C@@H]1COC2(CCN(c3nc(=O)c4cc(C(F)(F)F)cc(N=O)c4s3)CC2)O1. The fourth-order valence-corrected chi connectivity index (χ4v) is 4.59. The highest BCUT2D eigenvalue weighted by Gasteiger charge is 2.43. The van der Waals surface area contributed by atoms with Crippen LogP contribution in [0.1, 0.15) is 25.3 Å². The van der Waals surface area contributed by atoms with Gasteiger partial charge in [0.25, 0.3) is 5.56 Å². The Labute approximate surface area is 161 Å². The number of aromatic nitrogens is 1. The number of hydrogen-bond acceptors (Lipinski definition) is 8. The van der Waals surface area contributed by atoms with Gasteiger partial charge in [0.15, 0.2) is 10.9 Å². The summed E-state index contributed by atoms with van der Waals surface area (Å²) in [5.41, 5.74) is -2.33. The van der Waals surface area contributed by atoms with Gasteiger partial charge in [-0.3, -0.25) is 4.79 Å². The number of anilines is 1. The highest BCUT2D eigenvalue weighted by molar-refractivity contribution is 7.22. The third-order valence-electron chi connectivity index (χ3n) is 4.91. The molecule has 0 unspecified atom stereocenters. The molecule has 2 aliphatic rings. The van der Waals surface area contributed by atoms with Gasteiger partial charge in [0.05, 0.1) is 28.4 Å². The van der Waals surface area contributed by atoms with Crippen molar-refractivity contribution >= 4 is 32.2 Å². The van der Waals surface area contributed by atoms with E-state index in [0.29, 0.717) is 49.8 Å². The minimum absolute atomic E-state index is 0.0189. The first-order valence-electron chi connectivity index (χ1n) is 8.67. The van der Waals surface area contributed by atoms with E-state index in [0.717, 1.165) is 11.3 Å². The molecular formula is C17H16F3N3O4S. The molecule has 4 rings (SSSR count). The zero-order valence-corrected chi connectivity index (χ0v) is 15.6. The summed E-state index contributed by atoms with van der Waals surface area (Å²) in [5.74, 6) is -0.630. The lowest BCUT2D eigenvalue weighted by molar-refractivity contribution is -0.178. The molecule has 150 valence electrons. The molecule has 0 bridgehead atoms. The van der Waals surface area contributed by atoms with Crippen LogP contribution in [0.15, 0.2) is 22.1 Å². The lowest BCUT2D eigenvalue weighted by Crippen LogP contribution is -2.45. The second-order valence-corrected chi connectivity index (χ2v) is 7.88. The van der Waals surface area contributed by atoms with Crippen molar-refractivity contribution in [3.8, 4) is 0 Å². The highest BCUT2D eigenvalue weighted by atomic mass is 32.1. The average Bonchev–Trinajstić information content (AvgIpc) is 3.01. The van der Waals surface area contributed by atoms with Gasteiger partial charge >= 0.3 is 6.18 Å². The predicted octanol–water partition coefficient (Wildman–Crippen LogP) is 3.81. The summed E-state index contributed by atoms with van der Waals surface area (Å²) >= 11 is 0.982. The van der Waals surface area contributed by atoms with Crippen LogP contribution in [0.25, 0.3) is 10.1 Å². The van der Waals surface area contributed by atoms with Gasteiger partial charge in [-0.25, -0.2) is 0 Å². The second-order valence-electron chi connectivity index (χ2n) is 6.90. The van der Waals surface area contributed by atoms with E-state index in [1.165, 1.54) is 0 Å². The lowest BCUT2D eigenvalue weighted by Gasteiger charge is -2.38. The molecule has 0 N–H and O–H groups in total. The number of fused-ring (bicyclic) bond motifs is 1. The molecule has 2 saturated heterocycles. The van der Waals surface area contributed by atoms with Crippen LogP contribution in [0, 0.1) is 4.91 Å². The van der Waals surface area contributed by atoms with Crippen molar-refractivity contribution < 1.29 is 22.6 Å². The van der Waals surface area contributed by atoms with Gasteiger partial charge in [-0.2, -0.15) is 18.2 Å². The third-order valence-corrected chi connectivity index (χ3v) is 6.07. The van der Waals surface area contributed by atoms with Gasteiger partial charge in [-0.1, -0.05) is 11.3 Å². The van der Waals surface area contributed by atoms with Crippen LogP contribution >= 0.6 is 11.3 Å². The summed E-state index contributed by atoms with van der Waals surface area (Å²) in [4.78, 5) is 29.3. The number of nitroso groups, excluding NO2 is 1. The van der Waals surface area contributed by atoms with Crippen molar-refractivity contribution in [2.45, 2.75) is 37.8 Å². The first kappa shape index (κ1) is 19.2. The minimum atomic E-state index is -4.69. The Balaban J connectivity index is 1.68. The van der Waals surface area contributed by atoms with E-state index in [-0.39, 0.29) is 16.2 Å². The summed E-state index contributed by atoms with van der Waals surface area (Å²) in [6.45, 7) is 3.47. The fourth-order valence-electron chi connectivity index (χ4n) is 3.51. The number of piperidine rings is 1. The van der Waals surface area contributed by atoms with Gasteiger partial charge in [0, 0.05) is 25.9 Å². The smallest absolute Gasteiger partial charge is 0.348 e. The number of ether oxygens (including phenoxy) is 2. The number of nitrogens with zero attached hydrogens (tertiary/aromatic N) is 3. The third kappa shape index (κ3) is 3.38. The molecule has 1 spiro atoms. The standard InChI is InChI=1S/C17H16F3N3O4S/c1-9-8-26-16(27-9)2-4-23(5-3-16)15-21-14(24)11-6-10(17(18,19)20)7-12(22-25)13(11)28-15/h6-7,9H,2-5,8H2,1H3/t9-/m1/s1. The molecule has 1 atom stereocenters. The molecule has 0 radical (unpaired) electrons. The number of rotatable bonds is 2. The summed E-state index contributed by atoms with van der Waals surface area (Å²) in [6.07, 6.45) is -3.53. The van der Waals surface area contributed by atoms with E-state index in [2.05, 4.69) is 10.2 Å². The molecule has 2 aromatic rings. The maximum Gasteiger partial charge on any atom is 0.416 e. The summed E-state index contributed by atoms with van der Waals surface area (Å²) in [7, 11) is 0. The Bertz CT molecular complexity index is 986. The quantitative estimate of drug-likeness (QED) is 0.694. The van der Waals surface area contributed by atoms with Gasteiger partial charge in [-0.05, 0) is 24.2 Å². The first-order valence-corrected chi connectivity index (χ1v) is 9.49. The molecule has 2 fully saturated rings. The monoisotopic (exact) mass is 415 g/mol. The average molecular weight is 415 g/mol. The summed E-state index contributed by atoms with van der Waals surface area (Å²) < 4.78 is 50.8. The number of benzene rings is 1. The van der Waals surface area contributed by atoms with Crippen molar-refractivity contribution in [2.75, 3.05) is 24.6 Å². The predicted molar refractivity (Wildman–Crippen MR) is 97.0 cm³/mol. The Morgan fingerprint density at radius 2 is 2.04 bits per heavy atom.